The predicted octanol–water partition coefficient (Wildman–Crippen LogP) is 6.41. The summed E-state index contributed by atoms with van der Waals surface area (Å²) in [6.07, 6.45) is -15.1. The third kappa shape index (κ3) is 6.27. The first kappa shape index (κ1) is 28.1. The van der Waals surface area contributed by atoms with Crippen LogP contribution in [0.5, 0.6) is 0 Å². The molecule has 3 rings (SSSR count). The standard InChI is InChI=1S/C23H15F9N4O2/c24-21(25,26)14-8-11(33)2-4-13(14)20(38)35-12-3-6-18(16(9-12)23(30,31)32)36-19(37)10-1-5-17(34)15(7-10)22(27,28)29/h1-9H,33-34H2,(H,35,38)(H,36,37). The average molecular weight is 550 g/mol. The van der Waals surface area contributed by atoms with Crippen molar-refractivity contribution in [1.82, 2.24) is 0 Å². The maximum Gasteiger partial charge on any atom is 0.418 e. The van der Waals surface area contributed by atoms with Gasteiger partial charge in [-0.1, -0.05) is 0 Å². The Bertz CT molecular complexity index is 1400. The van der Waals surface area contributed by atoms with E-state index in [2.05, 4.69) is 0 Å². The summed E-state index contributed by atoms with van der Waals surface area (Å²) in [5.74, 6) is -2.74. The number of benzene rings is 3. The van der Waals surface area contributed by atoms with Gasteiger partial charge in [0.25, 0.3) is 11.8 Å². The molecule has 0 unspecified atom stereocenters. The average Bonchev–Trinajstić information content (AvgIpc) is 2.78. The van der Waals surface area contributed by atoms with Crippen molar-refractivity contribution in [3.05, 3.63) is 82.4 Å². The second kappa shape index (κ2) is 9.79. The van der Waals surface area contributed by atoms with E-state index in [9.17, 15) is 49.1 Å². The number of alkyl halides is 9. The zero-order valence-electron chi connectivity index (χ0n) is 18.6. The first-order valence-electron chi connectivity index (χ1n) is 10.2. The summed E-state index contributed by atoms with van der Waals surface area (Å²) in [4.78, 5) is 24.9. The Morgan fingerprint density at radius 3 is 1.79 bits per heavy atom. The lowest BCUT2D eigenvalue weighted by molar-refractivity contribution is -0.138. The maximum absolute atomic E-state index is 13.7. The van der Waals surface area contributed by atoms with Gasteiger partial charge in [0.15, 0.2) is 0 Å². The third-order valence-corrected chi connectivity index (χ3v) is 5.05. The highest BCUT2D eigenvalue weighted by molar-refractivity contribution is 6.07. The fourth-order valence-electron chi connectivity index (χ4n) is 3.30. The first-order chi connectivity index (χ1) is 17.4. The van der Waals surface area contributed by atoms with Gasteiger partial charge in [-0.25, -0.2) is 0 Å². The number of halogens is 9. The Morgan fingerprint density at radius 2 is 1.21 bits per heavy atom. The van der Waals surface area contributed by atoms with Crippen LogP contribution < -0.4 is 22.1 Å². The molecule has 0 fully saturated rings. The van der Waals surface area contributed by atoms with Crippen molar-refractivity contribution >= 4 is 34.6 Å². The molecular formula is C23H15F9N4O2. The summed E-state index contributed by atoms with van der Waals surface area (Å²) in [5.41, 5.74) is 2.17. The van der Waals surface area contributed by atoms with Crippen molar-refractivity contribution in [3.63, 3.8) is 0 Å². The second-order valence-corrected chi connectivity index (χ2v) is 7.77. The quantitative estimate of drug-likeness (QED) is 0.222. The summed E-state index contributed by atoms with van der Waals surface area (Å²) in [6, 6.07) is 6.05. The minimum atomic E-state index is -5.15. The number of amides is 2. The molecule has 0 spiro atoms. The van der Waals surface area contributed by atoms with Gasteiger partial charge in [-0.05, 0) is 54.6 Å². The van der Waals surface area contributed by atoms with E-state index < -0.39 is 75.2 Å². The molecule has 0 atom stereocenters. The molecule has 0 aliphatic rings. The largest absolute Gasteiger partial charge is 0.418 e. The van der Waals surface area contributed by atoms with Crippen LogP contribution in [0.15, 0.2) is 54.6 Å². The summed E-state index contributed by atoms with van der Waals surface area (Å²) >= 11 is 0. The molecule has 6 nitrogen and oxygen atoms in total. The summed E-state index contributed by atoms with van der Waals surface area (Å²) < 4.78 is 120. The molecule has 0 saturated carbocycles. The van der Waals surface area contributed by atoms with Crippen LogP contribution in [0, 0.1) is 0 Å². The lowest BCUT2D eigenvalue weighted by atomic mass is 10.0. The molecule has 0 bridgehead atoms. The van der Waals surface area contributed by atoms with Gasteiger partial charge >= 0.3 is 18.5 Å². The predicted molar refractivity (Wildman–Crippen MR) is 119 cm³/mol. The topological polar surface area (TPSA) is 110 Å². The molecule has 3 aromatic rings. The lowest BCUT2D eigenvalue weighted by Gasteiger charge is -2.17. The summed E-state index contributed by atoms with van der Waals surface area (Å²) in [7, 11) is 0. The van der Waals surface area contributed by atoms with E-state index in [4.69, 9.17) is 11.5 Å². The van der Waals surface area contributed by atoms with Crippen LogP contribution in [0.25, 0.3) is 0 Å². The van der Waals surface area contributed by atoms with Crippen molar-refractivity contribution in [2.45, 2.75) is 18.5 Å². The molecule has 0 aromatic heterocycles. The molecule has 0 radical (unpaired) electrons. The summed E-state index contributed by atoms with van der Waals surface area (Å²) in [6.45, 7) is 0. The molecule has 2 amide bonds. The highest BCUT2D eigenvalue weighted by atomic mass is 19.4. The third-order valence-electron chi connectivity index (χ3n) is 5.05. The van der Waals surface area contributed by atoms with Crippen LogP contribution in [0.1, 0.15) is 37.4 Å². The highest BCUT2D eigenvalue weighted by Gasteiger charge is 2.37. The van der Waals surface area contributed by atoms with Gasteiger partial charge in [-0.2, -0.15) is 39.5 Å². The van der Waals surface area contributed by atoms with Crippen molar-refractivity contribution in [1.29, 1.82) is 0 Å². The molecule has 0 saturated heterocycles. The Kier molecular flexibility index (Phi) is 7.25. The summed E-state index contributed by atoms with van der Waals surface area (Å²) in [5, 5.41) is 3.75. The van der Waals surface area contributed by atoms with Gasteiger partial charge in [0.2, 0.25) is 0 Å². The number of nitrogen functional groups attached to an aromatic ring is 2. The molecule has 6 N–H and O–H groups in total. The van der Waals surface area contributed by atoms with E-state index >= 15 is 0 Å². The minimum absolute atomic E-state index is 0.309. The second-order valence-electron chi connectivity index (χ2n) is 7.77. The molecule has 202 valence electrons. The van der Waals surface area contributed by atoms with Crippen LogP contribution >= 0.6 is 0 Å². The molecular weight excluding hydrogens is 535 g/mol. The number of anilines is 4. The maximum atomic E-state index is 13.7. The number of hydrogen-bond acceptors (Lipinski definition) is 4. The number of nitrogens with one attached hydrogen (secondary N) is 2. The lowest BCUT2D eigenvalue weighted by Crippen LogP contribution is -2.20. The van der Waals surface area contributed by atoms with E-state index in [1.54, 1.807) is 0 Å². The smallest absolute Gasteiger partial charge is 0.399 e. The molecule has 38 heavy (non-hydrogen) atoms. The molecule has 15 heteroatoms. The van der Waals surface area contributed by atoms with E-state index in [-0.39, 0.29) is 5.69 Å². The van der Waals surface area contributed by atoms with Gasteiger partial charge in [0.1, 0.15) is 0 Å². The SMILES string of the molecule is Nc1ccc(C(=O)Nc2ccc(NC(=O)c3ccc(N)c(C(F)(F)F)c3)c(C(F)(F)F)c2)c(C(F)(F)F)c1. The van der Waals surface area contributed by atoms with Gasteiger partial charge in [0.05, 0.1) is 27.9 Å². The van der Waals surface area contributed by atoms with E-state index in [1.165, 1.54) is 0 Å². The van der Waals surface area contributed by atoms with Crippen LogP contribution in [-0.2, 0) is 18.5 Å². The number of hydrogen-bond donors (Lipinski definition) is 4. The van der Waals surface area contributed by atoms with E-state index in [0.717, 1.165) is 30.3 Å². The molecule has 0 aliphatic carbocycles. The molecule has 0 heterocycles. The van der Waals surface area contributed by atoms with Crippen LogP contribution in [0.4, 0.5) is 62.3 Å². The zero-order chi connectivity index (χ0) is 28.6. The van der Waals surface area contributed by atoms with Crippen LogP contribution in [0.3, 0.4) is 0 Å². The fraction of sp³-hybridized carbons (Fsp3) is 0.130. The minimum Gasteiger partial charge on any atom is -0.399 e. The van der Waals surface area contributed by atoms with Crippen LogP contribution in [-0.4, -0.2) is 11.8 Å². The van der Waals surface area contributed by atoms with E-state index in [0.29, 0.717) is 24.3 Å². The van der Waals surface area contributed by atoms with Gasteiger partial charge in [-0.3, -0.25) is 9.59 Å². The van der Waals surface area contributed by atoms with Gasteiger partial charge < -0.3 is 22.1 Å². The molecule has 0 aliphatic heterocycles. The van der Waals surface area contributed by atoms with Crippen molar-refractivity contribution < 1.29 is 49.1 Å². The molecule has 3 aromatic carbocycles. The van der Waals surface area contributed by atoms with Gasteiger partial charge in [0, 0.05) is 22.6 Å². The first-order valence-corrected chi connectivity index (χ1v) is 10.2. The zero-order valence-corrected chi connectivity index (χ0v) is 18.6. The number of nitrogens with two attached hydrogens (primary N) is 2. The number of rotatable bonds is 4. The van der Waals surface area contributed by atoms with Crippen LogP contribution in [0.2, 0.25) is 0 Å². The number of carbonyl (C=O) groups excluding carboxylic acids is 2. The Morgan fingerprint density at radius 1 is 0.605 bits per heavy atom. The number of carbonyl (C=O) groups is 2. The highest BCUT2D eigenvalue weighted by Crippen LogP contribution is 2.38. The normalized spacial score (nSPS) is 12.2. The van der Waals surface area contributed by atoms with Crippen molar-refractivity contribution in [2.75, 3.05) is 22.1 Å². The van der Waals surface area contributed by atoms with Crippen molar-refractivity contribution in [3.8, 4) is 0 Å². The van der Waals surface area contributed by atoms with E-state index in [1.807, 2.05) is 10.6 Å². The monoisotopic (exact) mass is 550 g/mol. The Balaban J connectivity index is 1.93. The van der Waals surface area contributed by atoms with Crippen molar-refractivity contribution in [2.24, 2.45) is 0 Å². The Hall–Kier alpha value is -4.43. The van der Waals surface area contributed by atoms with Gasteiger partial charge in [-0.15, -0.1) is 0 Å². The fourth-order valence-corrected chi connectivity index (χ4v) is 3.30. The Labute approximate surface area is 207 Å².